The van der Waals surface area contributed by atoms with E-state index in [0.29, 0.717) is 34.8 Å². The van der Waals surface area contributed by atoms with Gasteiger partial charge in [-0.1, -0.05) is 31.7 Å². The predicted octanol–water partition coefficient (Wildman–Crippen LogP) is 3.83. The number of aromatic nitrogens is 3. The number of rotatable bonds is 8. The lowest BCUT2D eigenvalue weighted by Crippen LogP contribution is -2.40. The van der Waals surface area contributed by atoms with E-state index in [0.717, 1.165) is 24.8 Å². The van der Waals surface area contributed by atoms with E-state index in [1.807, 2.05) is 16.7 Å². The molecule has 2 aromatic heterocycles. The fourth-order valence-corrected chi connectivity index (χ4v) is 5.19. The summed E-state index contributed by atoms with van der Waals surface area (Å²) in [5.74, 6) is 2.62. The van der Waals surface area contributed by atoms with Crippen LogP contribution in [-0.2, 0) is 11.3 Å². The molecule has 9 nitrogen and oxygen atoms in total. The minimum atomic E-state index is -0.182. The van der Waals surface area contributed by atoms with Crippen molar-refractivity contribution >= 4 is 35.2 Å². The lowest BCUT2D eigenvalue weighted by molar-refractivity contribution is -0.113. The van der Waals surface area contributed by atoms with Crippen LogP contribution in [-0.4, -0.2) is 64.4 Å². The fourth-order valence-electron chi connectivity index (χ4n) is 4.46. The van der Waals surface area contributed by atoms with Crippen molar-refractivity contribution in [2.45, 2.75) is 32.0 Å². The van der Waals surface area contributed by atoms with Crippen LogP contribution in [0.15, 0.2) is 52.2 Å². The molecule has 3 aromatic rings. The summed E-state index contributed by atoms with van der Waals surface area (Å²) in [6.07, 6.45) is 2.85. The van der Waals surface area contributed by atoms with Gasteiger partial charge >= 0.3 is 0 Å². The first-order valence-corrected chi connectivity index (χ1v) is 12.7. The number of furan rings is 1. The summed E-state index contributed by atoms with van der Waals surface area (Å²) in [7, 11) is 3.39. The Balaban J connectivity index is 1.47. The molecule has 1 aliphatic heterocycles. The van der Waals surface area contributed by atoms with Gasteiger partial charge in [-0.05, 0) is 48.6 Å². The number of nitrogens with zero attached hydrogens (tertiary/aromatic N) is 5. The molecule has 35 heavy (non-hydrogen) atoms. The minimum absolute atomic E-state index is 0.115. The maximum absolute atomic E-state index is 12.7. The third-order valence-corrected chi connectivity index (χ3v) is 6.84. The third-order valence-electron chi connectivity index (χ3n) is 5.87. The van der Waals surface area contributed by atoms with Gasteiger partial charge in [0.2, 0.25) is 11.9 Å². The molecule has 0 spiro atoms. The van der Waals surface area contributed by atoms with E-state index in [-0.39, 0.29) is 17.6 Å². The molecule has 10 heteroatoms. The van der Waals surface area contributed by atoms with Crippen LogP contribution in [0.25, 0.3) is 0 Å². The molecule has 0 aliphatic carbocycles. The number of nitrogens with one attached hydrogen (secondary N) is 1. The van der Waals surface area contributed by atoms with Gasteiger partial charge in [0.1, 0.15) is 5.76 Å². The second kappa shape index (κ2) is 11.0. The number of hydrogen-bond acceptors (Lipinski definition) is 7. The number of hydrogen-bond donors (Lipinski definition) is 1. The van der Waals surface area contributed by atoms with Crippen molar-refractivity contribution in [2.24, 2.45) is 11.8 Å². The highest BCUT2D eigenvalue weighted by atomic mass is 32.2. The molecule has 186 valence electrons. The molecule has 1 aliphatic rings. The van der Waals surface area contributed by atoms with Crippen molar-refractivity contribution in [1.82, 2.24) is 19.7 Å². The van der Waals surface area contributed by atoms with Gasteiger partial charge in [-0.2, -0.15) is 0 Å². The molecule has 1 fully saturated rings. The van der Waals surface area contributed by atoms with Crippen molar-refractivity contribution in [3.63, 3.8) is 0 Å². The zero-order chi connectivity index (χ0) is 24.9. The highest BCUT2D eigenvalue weighted by molar-refractivity contribution is 7.99. The molecule has 0 bridgehead atoms. The van der Waals surface area contributed by atoms with Crippen LogP contribution in [0.4, 0.5) is 11.6 Å². The van der Waals surface area contributed by atoms with Gasteiger partial charge in [-0.25, -0.2) is 0 Å². The summed E-state index contributed by atoms with van der Waals surface area (Å²) in [6, 6.07) is 10.7. The number of thioether (sulfide) groups is 1. The topological polar surface area (TPSA) is 96.5 Å². The number of carbonyl (C=O) groups is 2. The molecule has 4 rings (SSSR count). The number of piperidine rings is 1. The van der Waals surface area contributed by atoms with E-state index >= 15 is 0 Å². The van der Waals surface area contributed by atoms with Crippen LogP contribution in [0.2, 0.25) is 0 Å². The summed E-state index contributed by atoms with van der Waals surface area (Å²) < 4.78 is 7.61. The van der Waals surface area contributed by atoms with Crippen LogP contribution >= 0.6 is 11.8 Å². The summed E-state index contributed by atoms with van der Waals surface area (Å²) in [5.41, 5.74) is 1.10. The molecule has 2 atom stereocenters. The van der Waals surface area contributed by atoms with Crippen LogP contribution in [0.3, 0.4) is 0 Å². The van der Waals surface area contributed by atoms with Gasteiger partial charge in [0.15, 0.2) is 5.16 Å². The lowest BCUT2D eigenvalue weighted by Gasteiger charge is -2.35. The van der Waals surface area contributed by atoms with Crippen molar-refractivity contribution in [1.29, 1.82) is 0 Å². The molecule has 1 aromatic carbocycles. The number of amides is 2. The normalized spacial score (nSPS) is 17.9. The summed E-state index contributed by atoms with van der Waals surface area (Å²) >= 11 is 1.33. The highest BCUT2D eigenvalue weighted by Gasteiger charge is 2.27. The maximum Gasteiger partial charge on any atom is 0.253 e. The van der Waals surface area contributed by atoms with Gasteiger partial charge in [-0.15, -0.1) is 10.2 Å². The van der Waals surface area contributed by atoms with E-state index in [2.05, 4.69) is 34.3 Å². The Morgan fingerprint density at radius 3 is 2.60 bits per heavy atom. The van der Waals surface area contributed by atoms with Gasteiger partial charge in [0.05, 0.1) is 18.6 Å². The summed E-state index contributed by atoms with van der Waals surface area (Å²) in [4.78, 5) is 28.7. The van der Waals surface area contributed by atoms with Crippen molar-refractivity contribution in [2.75, 3.05) is 43.2 Å². The molecule has 1 saturated heterocycles. The Labute approximate surface area is 209 Å². The first kappa shape index (κ1) is 24.8. The van der Waals surface area contributed by atoms with E-state index in [9.17, 15) is 9.59 Å². The number of carbonyl (C=O) groups excluding carboxylic acids is 2. The van der Waals surface area contributed by atoms with Crippen LogP contribution < -0.4 is 10.2 Å². The zero-order valence-electron chi connectivity index (χ0n) is 20.6. The Bertz CT molecular complexity index is 1150. The van der Waals surface area contributed by atoms with Crippen molar-refractivity contribution in [3.8, 4) is 0 Å². The number of benzene rings is 1. The molecule has 2 amide bonds. The van der Waals surface area contributed by atoms with E-state index < -0.39 is 0 Å². The smallest absolute Gasteiger partial charge is 0.253 e. The fraction of sp³-hybridized carbons (Fsp3) is 0.440. The summed E-state index contributed by atoms with van der Waals surface area (Å²) in [5, 5.41) is 12.5. The van der Waals surface area contributed by atoms with Crippen molar-refractivity contribution < 1.29 is 14.0 Å². The molecule has 2 unspecified atom stereocenters. The Morgan fingerprint density at radius 2 is 1.91 bits per heavy atom. The standard InChI is InChI=1S/C25H32N6O3S/c1-17-11-18(2)14-30(13-17)24-27-28-25(31(24)15-21-9-6-10-34-21)35-16-22(32)26-20-8-5-7-19(12-20)23(33)29(3)4/h5-10,12,17-18H,11,13-16H2,1-4H3,(H,26,32). The molecule has 1 N–H and O–H groups in total. The minimum Gasteiger partial charge on any atom is -0.467 e. The van der Waals surface area contributed by atoms with Gasteiger partial charge < -0.3 is 19.5 Å². The Hall–Kier alpha value is -3.27. The molecule has 0 saturated carbocycles. The quantitative estimate of drug-likeness (QED) is 0.474. The van der Waals surface area contributed by atoms with Gasteiger partial charge in [0.25, 0.3) is 5.91 Å². The average molecular weight is 497 g/mol. The van der Waals surface area contributed by atoms with Crippen LogP contribution in [0.1, 0.15) is 36.4 Å². The first-order valence-electron chi connectivity index (χ1n) is 11.7. The third kappa shape index (κ3) is 6.25. The van der Waals surface area contributed by atoms with Gasteiger partial charge in [0, 0.05) is 38.4 Å². The van der Waals surface area contributed by atoms with E-state index in [1.165, 1.54) is 23.1 Å². The second-order valence-corrected chi connectivity index (χ2v) is 10.4. The zero-order valence-corrected chi connectivity index (χ0v) is 21.4. The van der Waals surface area contributed by atoms with E-state index in [1.54, 1.807) is 44.6 Å². The highest BCUT2D eigenvalue weighted by Crippen LogP contribution is 2.29. The molecular formula is C25H32N6O3S. The lowest BCUT2D eigenvalue weighted by atomic mass is 9.92. The van der Waals surface area contributed by atoms with E-state index in [4.69, 9.17) is 4.42 Å². The monoisotopic (exact) mass is 496 g/mol. The SMILES string of the molecule is CC1CC(C)CN(c2nnc(SCC(=O)Nc3cccc(C(=O)N(C)C)c3)n2Cc2ccco2)C1. The molecule has 3 heterocycles. The van der Waals surface area contributed by atoms with Crippen LogP contribution in [0.5, 0.6) is 0 Å². The average Bonchev–Trinajstić information content (AvgIpc) is 3.47. The molecule has 0 radical (unpaired) electrons. The Morgan fingerprint density at radius 1 is 1.14 bits per heavy atom. The summed E-state index contributed by atoms with van der Waals surface area (Å²) in [6.45, 7) is 6.86. The molecular weight excluding hydrogens is 464 g/mol. The second-order valence-electron chi connectivity index (χ2n) is 9.42. The number of anilines is 2. The Kier molecular flexibility index (Phi) is 7.80. The van der Waals surface area contributed by atoms with Gasteiger partial charge in [-0.3, -0.25) is 14.2 Å². The largest absolute Gasteiger partial charge is 0.467 e. The maximum atomic E-state index is 12.7. The predicted molar refractivity (Wildman–Crippen MR) is 137 cm³/mol. The first-order chi connectivity index (χ1) is 16.8. The van der Waals surface area contributed by atoms with Crippen molar-refractivity contribution in [3.05, 3.63) is 54.0 Å². The van der Waals surface area contributed by atoms with Crippen LogP contribution in [0, 0.1) is 11.8 Å².